The van der Waals surface area contributed by atoms with Gasteiger partial charge in [0.25, 0.3) is 0 Å². The van der Waals surface area contributed by atoms with Gasteiger partial charge in [-0.1, -0.05) is 0 Å². The van der Waals surface area contributed by atoms with Crippen LogP contribution in [-0.4, -0.2) is 14.8 Å². The molecule has 0 aliphatic carbocycles. The highest BCUT2D eigenvalue weighted by Crippen LogP contribution is 2.17. The van der Waals surface area contributed by atoms with Gasteiger partial charge in [0.05, 0.1) is 5.54 Å². The molecule has 11 heavy (non-hydrogen) atoms. The van der Waals surface area contributed by atoms with Crippen LogP contribution >= 0.6 is 34.2 Å². The summed E-state index contributed by atoms with van der Waals surface area (Å²) in [6, 6.07) is 0. The fraction of sp³-hybridized carbons (Fsp3) is 0.667. The summed E-state index contributed by atoms with van der Waals surface area (Å²) in [4.78, 5) is 3.98. The number of nitrogens with zero attached hydrogens (tertiary/aromatic N) is 3. The molecule has 0 fully saturated rings. The smallest absolute Gasteiger partial charge is 0.234 e. The van der Waals surface area contributed by atoms with Gasteiger partial charge in [-0.3, -0.25) is 0 Å². The van der Waals surface area contributed by atoms with Gasteiger partial charge in [-0.25, -0.2) is 4.68 Å². The molecule has 0 unspecified atom stereocenters. The van der Waals surface area contributed by atoms with Crippen LogP contribution in [0, 0.1) is 3.83 Å². The van der Waals surface area contributed by atoms with Crippen LogP contribution in [0.2, 0.25) is 5.28 Å². The van der Waals surface area contributed by atoms with Crippen LogP contribution < -0.4 is 0 Å². The molecule has 1 aromatic heterocycles. The number of aromatic nitrogens is 3. The van der Waals surface area contributed by atoms with Gasteiger partial charge >= 0.3 is 0 Å². The Balaban J connectivity index is 3.13. The predicted octanol–water partition coefficient (Wildman–Crippen LogP) is 2.29. The Morgan fingerprint density at radius 2 is 2.00 bits per heavy atom. The van der Waals surface area contributed by atoms with Gasteiger partial charge in [-0.05, 0) is 32.4 Å². The second-order valence-electron chi connectivity index (χ2n) is 3.23. The zero-order valence-corrected chi connectivity index (χ0v) is 9.51. The fourth-order valence-corrected chi connectivity index (χ4v) is 2.05. The topological polar surface area (TPSA) is 30.7 Å². The van der Waals surface area contributed by atoms with Crippen molar-refractivity contribution in [1.82, 2.24) is 14.8 Å². The monoisotopic (exact) mass is 285 g/mol. The summed E-state index contributed by atoms with van der Waals surface area (Å²) >= 11 is 7.74. The van der Waals surface area contributed by atoms with Crippen molar-refractivity contribution < 1.29 is 0 Å². The molecule has 62 valence electrons. The van der Waals surface area contributed by atoms with Crippen molar-refractivity contribution in [3.05, 3.63) is 9.11 Å². The van der Waals surface area contributed by atoms with Crippen molar-refractivity contribution in [3.8, 4) is 0 Å². The molecule has 0 saturated heterocycles. The van der Waals surface area contributed by atoms with Gasteiger partial charge in [-0.2, -0.15) is 4.98 Å². The van der Waals surface area contributed by atoms with Gasteiger partial charge < -0.3 is 0 Å². The molecule has 3 nitrogen and oxygen atoms in total. The molecule has 0 saturated carbocycles. The summed E-state index contributed by atoms with van der Waals surface area (Å²) in [5.41, 5.74) is -0.0450. The third-order valence-corrected chi connectivity index (χ3v) is 2.04. The lowest BCUT2D eigenvalue weighted by atomic mass is 10.1. The van der Waals surface area contributed by atoms with Crippen molar-refractivity contribution in [3.63, 3.8) is 0 Å². The van der Waals surface area contributed by atoms with E-state index in [1.807, 2.05) is 0 Å². The highest BCUT2D eigenvalue weighted by Gasteiger charge is 2.18. The van der Waals surface area contributed by atoms with Gasteiger partial charge in [-0.15, -0.1) is 5.10 Å². The van der Waals surface area contributed by atoms with E-state index in [4.69, 9.17) is 11.6 Å². The number of hydrogen-bond acceptors (Lipinski definition) is 2. The van der Waals surface area contributed by atoms with E-state index in [0.717, 1.165) is 3.83 Å². The van der Waals surface area contributed by atoms with Crippen LogP contribution in [0.3, 0.4) is 0 Å². The highest BCUT2D eigenvalue weighted by molar-refractivity contribution is 14.1. The maximum absolute atomic E-state index is 5.62. The summed E-state index contributed by atoms with van der Waals surface area (Å²) in [7, 11) is 0. The van der Waals surface area contributed by atoms with Crippen molar-refractivity contribution in [2.24, 2.45) is 0 Å². The Morgan fingerprint density at radius 3 is 2.18 bits per heavy atom. The number of halogens is 2. The Hall–Kier alpha value is 0.160. The molecule has 0 N–H and O–H groups in total. The second kappa shape index (κ2) is 2.90. The lowest BCUT2D eigenvalue weighted by Gasteiger charge is -2.18. The van der Waals surface area contributed by atoms with E-state index >= 15 is 0 Å². The molecule has 5 heteroatoms. The maximum atomic E-state index is 5.62. The average molecular weight is 286 g/mol. The van der Waals surface area contributed by atoms with Crippen LogP contribution in [0.15, 0.2) is 0 Å². The largest absolute Gasteiger partial charge is 0.243 e. The molecular weight excluding hydrogens is 276 g/mol. The van der Waals surface area contributed by atoms with Gasteiger partial charge in [0.2, 0.25) is 5.28 Å². The van der Waals surface area contributed by atoms with Gasteiger partial charge in [0.1, 0.15) is 0 Å². The minimum Gasteiger partial charge on any atom is -0.234 e. The van der Waals surface area contributed by atoms with Crippen molar-refractivity contribution in [2.45, 2.75) is 26.3 Å². The molecule has 1 rings (SSSR count). The van der Waals surface area contributed by atoms with Crippen LogP contribution in [0.4, 0.5) is 0 Å². The minimum absolute atomic E-state index is 0.0450. The number of hydrogen-bond donors (Lipinski definition) is 0. The molecule has 0 aliphatic rings. The third-order valence-electron chi connectivity index (χ3n) is 1.18. The van der Waals surface area contributed by atoms with Crippen LogP contribution in [-0.2, 0) is 5.54 Å². The second-order valence-corrected chi connectivity index (χ2v) is 4.54. The average Bonchev–Trinajstić information content (AvgIpc) is 2.08. The first-order chi connectivity index (χ1) is 4.91. The van der Waals surface area contributed by atoms with Crippen LogP contribution in [0.5, 0.6) is 0 Å². The SMILES string of the molecule is CC(C)(C)n1nc(Cl)nc1I. The zero-order chi connectivity index (χ0) is 8.65. The molecule has 1 aromatic rings. The summed E-state index contributed by atoms with van der Waals surface area (Å²) in [5, 5.41) is 4.35. The molecular formula is C6H9ClIN3. The van der Waals surface area contributed by atoms with E-state index in [0.29, 0.717) is 5.28 Å². The van der Waals surface area contributed by atoms with Gasteiger partial charge in [0, 0.05) is 22.6 Å². The Bertz CT molecular complexity index is 263. The van der Waals surface area contributed by atoms with E-state index in [2.05, 4.69) is 53.4 Å². The molecule has 0 atom stereocenters. The van der Waals surface area contributed by atoms with Crippen molar-refractivity contribution in [1.29, 1.82) is 0 Å². The lowest BCUT2D eigenvalue weighted by molar-refractivity contribution is 0.346. The Labute approximate surface area is 84.3 Å². The summed E-state index contributed by atoms with van der Waals surface area (Å²) in [5.74, 6) is 0. The predicted molar refractivity (Wildman–Crippen MR) is 52.7 cm³/mol. The van der Waals surface area contributed by atoms with E-state index in [1.54, 1.807) is 4.68 Å². The number of rotatable bonds is 0. The third kappa shape index (κ3) is 2.05. The zero-order valence-electron chi connectivity index (χ0n) is 6.60. The molecule has 0 amide bonds. The first kappa shape index (κ1) is 9.25. The van der Waals surface area contributed by atoms with E-state index in [1.165, 1.54) is 0 Å². The Morgan fingerprint density at radius 1 is 1.45 bits per heavy atom. The fourth-order valence-electron chi connectivity index (χ4n) is 0.696. The van der Waals surface area contributed by atoms with E-state index < -0.39 is 0 Å². The normalized spacial score (nSPS) is 12.1. The maximum Gasteiger partial charge on any atom is 0.243 e. The van der Waals surface area contributed by atoms with Crippen LogP contribution in [0.25, 0.3) is 0 Å². The molecule has 1 heterocycles. The first-order valence-corrected chi connectivity index (χ1v) is 4.65. The summed E-state index contributed by atoms with van der Waals surface area (Å²) < 4.78 is 2.62. The highest BCUT2D eigenvalue weighted by atomic mass is 127. The van der Waals surface area contributed by atoms with E-state index in [9.17, 15) is 0 Å². The standard InChI is InChI=1S/C6H9ClIN3/c1-6(2,3)11-5(8)9-4(7)10-11/h1-3H3. The quantitative estimate of drug-likeness (QED) is 0.685. The Kier molecular flexibility index (Phi) is 2.43. The summed E-state index contributed by atoms with van der Waals surface area (Å²) in [6.07, 6.45) is 0. The van der Waals surface area contributed by atoms with E-state index in [-0.39, 0.29) is 5.54 Å². The molecule has 0 bridgehead atoms. The molecule has 0 spiro atoms. The first-order valence-electron chi connectivity index (χ1n) is 3.20. The molecule has 0 aliphatic heterocycles. The molecule has 0 aromatic carbocycles. The van der Waals surface area contributed by atoms with Crippen LogP contribution in [0.1, 0.15) is 20.8 Å². The minimum atomic E-state index is -0.0450. The molecule has 0 radical (unpaired) electrons. The van der Waals surface area contributed by atoms with Crippen molar-refractivity contribution >= 4 is 34.2 Å². The summed E-state index contributed by atoms with van der Waals surface area (Å²) in [6.45, 7) is 6.17. The lowest BCUT2D eigenvalue weighted by Crippen LogP contribution is -2.24. The van der Waals surface area contributed by atoms with Gasteiger partial charge in [0.15, 0.2) is 3.83 Å². The van der Waals surface area contributed by atoms with Crippen molar-refractivity contribution in [2.75, 3.05) is 0 Å².